The van der Waals surface area contributed by atoms with Crippen molar-refractivity contribution < 1.29 is 0 Å². The van der Waals surface area contributed by atoms with Crippen molar-refractivity contribution in [3.05, 3.63) is 0 Å². The van der Waals surface area contributed by atoms with Gasteiger partial charge in [-0.05, 0) is 32.4 Å². The van der Waals surface area contributed by atoms with E-state index in [2.05, 4.69) is 51.9 Å². The summed E-state index contributed by atoms with van der Waals surface area (Å²) in [6.07, 6.45) is 3.96. The molecule has 1 atom stereocenters. The van der Waals surface area contributed by atoms with Gasteiger partial charge in [-0.3, -0.25) is 0 Å². The molecule has 1 N–H and O–H groups in total. The molecule has 0 aliphatic heterocycles. The Morgan fingerprint density at radius 2 is 1.81 bits per heavy atom. The predicted molar refractivity (Wildman–Crippen MR) is 73.9 cm³/mol. The second-order valence-electron chi connectivity index (χ2n) is 6.24. The van der Waals surface area contributed by atoms with E-state index >= 15 is 0 Å². The molecule has 0 saturated carbocycles. The SMILES string of the molecule is CCCCCNCC(C)N(C)CC(C)(C)C. The Balaban J connectivity index is 3.59. The van der Waals surface area contributed by atoms with Gasteiger partial charge in [0.05, 0.1) is 0 Å². The first-order valence-electron chi connectivity index (χ1n) is 6.78. The Bertz CT molecular complexity index is 161. The maximum atomic E-state index is 3.54. The fourth-order valence-electron chi connectivity index (χ4n) is 1.87. The van der Waals surface area contributed by atoms with Gasteiger partial charge in [-0.25, -0.2) is 0 Å². The number of likely N-dealkylation sites (N-methyl/N-ethyl adjacent to an activating group) is 1. The fraction of sp³-hybridized carbons (Fsp3) is 1.00. The van der Waals surface area contributed by atoms with Gasteiger partial charge in [0.2, 0.25) is 0 Å². The van der Waals surface area contributed by atoms with Gasteiger partial charge >= 0.3 is 0 Å². The van der Waals surface area contributed by atoms with Crippen molar-refractivity contribution in [1.82, 2.24) is 10.2 Å². The molecule has 0 spiro atoms. The molecule has 0 radical (unpaired) electrons. The van der Waals surface area contributed by atoms with Crippen molar-refractivity contribution in [3.63, 3.8) is 0 Å². The smallest absolute Gasteiger partial charge is 0.0189 e. The Morgan fingerprint density at radius 3 is 2.31 bits per heavy atom. The van der Waals surface area contributed by atoms with Gasteiger partial charge in [-0.1, -0.05) is 40.5 Å². The molecule has 0 aliphatic rings. The minimum absolute atomic E-state index is 0.394. The average molecular weight is 228 g/mol. The molecule has 0 aromatic heterocycles. The molecule has 2 heteroatoms. The van der Waals surface area contributed by atoms with Crippen LogP contribution in [0.5, 0.6) is 0 Å². The molecule has 0 fully saturated rings. The highest BCUT2D eigenvalue weighted by Crippen LogP contribution is 2.15. The van der Waals surface area contributed by atoms with E-state index in [1.54, 1.807) is 0 Å². The van der Waals surface area contributed by atoms with E-state index in [0.717, 1.165) is 13.1 Å². The topological polar surface area (TPSA) is 15.3 Å². The van der Waals surface area contributed by atoms with Crippen LogP contribution in [-0.4, -0.2) is 37.6 Å². The predicted octanol–water partition coefficient (Wildman–Crippen LogP) is 3.13. The third-order valence-electron chi connectivity index (χ3n) is 2.87. The van der Waals surface area contributed by atoms with Gasteiger partial charge in [0.25, 0.3) is 0 Å². The fourth-order valence-corrected chi connectivity index (χ4v) is 1.87. The van der Waals surface area contributed by atoms with E-state index in [9.17, 15) is 0 Å². The molecule has 0 amide bonds. The summed E-state index contributed by atoms with van der Waals surface area (Å²) in [5.41, 5.74) is 0.394. The summed E-state index contributed by atoms with van der Waals surface area (Å²) in [4.78, 5) is 2.45. The Labute approximate surface area is 103 Å². The molecular formula is C14H32N2. The van der Waals surface area contributed by atoms with Crippen LogP contribution in [0, 0.1) is 5.41 Å². The van der Waals surface area contributed by atoms with Crippen molar-refractivity contribution in [2.45, 2.75) is 59.9 Å². The van der Waals surface area contributed by atoms with Gasteiger partial charge in [0.15, 0.2) is 0 Å². The molecule has 0 saturated heterocycles. The molecule has 16 heavy (non-hydrogen) atoms. The maximum Gasteiger partial charge on any atom is 0.0189 e. The highest BCUT2D eigenvalue weighted by atomic mass is 15.1. The van der Waals surface area contributed by atoms with Crippen molar-refractivity contribution in [2.75, 3.05) is 26.7 Å². The van der Waals surface area contributed by atoms with E-state index in [0.29, 0.717) is 11.5 Å². The van der Waals surface area contributed by atoms with E-state index in [1.165, 1.54) is 25.8 Å². The summed E-state index contributed by atoms with van der Waals surface area (Å²) in [7, 11) is 2.23. The van der Waals surface area contributed by atoms with Gasteiger partial charge < -0.3 is 10.2 Å². The maximum absolute atomic E-state index is 3.54. The van der Waals surface area contributed by atoms with Gasteiger partial charge in [0.1, 0.15) is 0 Å². The van der Waals surface area contributed by atoms with Crippen LogP contribution in [0.1, 0.15) is 53.9 Å². The van der Waals surface area contributed by atoms with Crippen LogP contribution in [0.2, 0.25) is 0 Å². The molecule has 0 rings (SSSR count). The zero-order valence-electron chi connectivity index (χ0n) is 12.3. The number of nitrogens with zero attached hydrogens (tertiary/aromatic N) is 1. The van der Waals surface area contributed by atoms with Gasteiger partial charge in [-0.2, -0.15) is 0 Å². The van der Waals surface area contributed by atoms with Crippen LogP contribution in [0.15, 0.2) is 0 Å². The standard InChI is InChI=1S/C14H32N2/c1-7-8-9-10-15-11-13(2)16(6)12-14(3,4)5/h13,15H,7-12H2,1-6H3. The normalized spacial score (nSPS) is 14.4. The summed E-state index contributed by atoms with van der Waals surface area (Å²) in [6, 6.07) is 0.626. The number of rotatable bonds is 8. The lowest BCUT2D eigenvalue weighted by Gasteiger charge is -2.31. The molecule has 0 heterocycles. The average Bonchev–Trinajstić information content (AvgIpc) is 2.14. The van der Waals surface area contributed by atoms with Gasteiger partial charge in [0, 0.05) is 19.1 Å². The summed E-state index contributed by atoms with van der Waals surface area (Å²) in [5.74, 6) is 0. The monoisotopic (exact) mass is 228 g/mol. The van der Waals surface area contributed by atoms with Crippen LogP contribution >= 0.6 is 0 Å². The minimum atomic E-state index is 0.394. The van der Waals surface area contributed by atoms with Crippen LogP contribution in [-0.2, 0) is 0 Å². The summed E-state index contributed by atoms with van der Waals surface area (Å²) < 4.78 is 0. The molecule has 98 valence electrons. The minimum Gasteiger partial charge on any atom is -0.315 e. The second kappa shape index (κ2) is 8.08. The first kappa shape index (κ1) is 15.9. The van der Waals surface area contributed by atoms with Gasteiger partial charge in [-0.15, -0.1) is 0 Å². The first-order valence-corrected chi connectivity index (χ1v) is 6.78. The number of unbranched alkanes of at least 4 members (excludes halogenated alkanes) is 2. The van der Waals surface area contributed by atoms with Crippen LogP contribution in [0.25, 0.3) is 0 Å². The number of hydrogen-bond donors (Lipinski definition) is 1. The Hall–Kier alpha value is -0.0800. The summed E-state index contributed by atoms with van der Waals surface area (Å²) >= 11 is 0. The van der Waals surface area contributed by atoms with E-state index in [-0.39, 0.29) is 0 Å². The van der Waals surface area contributed by atoms with E-state index in [1.807, 2.05) is 0 Å². The number of nitrogens with one attached hydrogen (secondary N) is 1. The summed E-state index contributed by atoms with van der Waals surface area (Å²) in [5, 5.41) is 3.54. The molecule has 0 bridgehead atoms. The first-order chi connectivity index (χ1) is 7.37. The zero-order valence-corrected chi connectivity index (χ0v) is 12.3. The summed E-state index contributed by atoms with van der Waals surface area (Å²) in [6.45, 7) is 14.9. The zero-order chi connectivity index (χ0) is 12.6. The Morgan fingerprint density at radius 1 is 1.19 bits per heavy atom. The molecule has 0 aromatic carbocycles. The molecule has 2 nitrogen and oxygen atoms in total. The van der Waals surface area contributed by atoms with E-state index in [4.69, 9.17) is 0 Å². The third-order valence-corrected chi connectivity index (χ3v) is 2.87. The highest BCUT2D eigenvalue weighted by Gasteiger charge is 2.16. The lowest BCUT2D eigenvalue weighted by atomic mass is 9.95. The van der Waals surface area contributed by atoms with Crippen LogP contribution in [0.3, 0.4) is 0 Å². The number of hydrogen-bond acceptors (Lipinski definition) is 2. The molecule has 1 unspecified atom stereocenters. The molecule has 0 aromatic rings. The lowest BCUT2D eigenvalue weighted by molar-refractivity contribution is 0.178. The lowest BCUT2D eigenvalue weighted by Crippen LogP contribution is -2.42. The van der Waals surface area contributed by atoms with Crippen molar-refractivity contribution in [1.29, 1.82) is 0 Å². The Kier molecular flexibility index (Phi) is 8.04. The quantitative estimate of drug-likeness (QED) is 0.642. The second-order valence-corrected chi connectivity index (χ2v) is 6.24. The van der Waals surface area contributed by atoms with E-state index < -0.39 is 0 Å². The third kappa shape index (κ3) is 9.17. The van der Waals surface area contributed by atoms with Crippen molar-refractivity contribution >= 4 is 0 Å². The molecular weight excluding hydrogens is 196 g/mol. The highest BCUT2D eigenvalue weighted by molar-refractivity contribution is 4.72. The van der Waals surface area contributed by atoms with Crippen molar-refractivity contribution in [3.8, 4) is 0 Å². The van der Waals surface area contributed by atoms with Crippen LogP contribution in [0.4, 0.5) is 0 Å². The molecule has 0 aliphatic carbocycles. The largest absolute Gasteiger partial charge is 0.315 e. The van der Waals surface area contributed by atoms with Crippen molar-refractivity contribution in [2.24, 2.45) is 5.41 Å². The van der Waals surface area contributed by atoms with Crippen LogP contribution < -0.4 is 5.32 Å².